The van der Waals surface area contributed by atoms with Crippen molar-refractivity contribution in [3.05, 3.63) is 209 Å². The summed E-state index contributed by atoms with van der Waals surface area (Å²) in [6.07, 6.45) is 9.13. The van der Waals surface area contributed by atoms with Crippen molar-refractivity contribution in [2.24, 2.45) is 0 Å². The number of carbonyl (C=O) groups excluding carboxylic acids is 3. The highest BCUT2D eigenvalue weighted by Gasteiger charge is 2.42. The van der Waals surface area contributed by atoms with Crippen molar-refractivity contribution in [3.63, 3.8) is 0 Å². The fourth-order valence-corrected chi connectivity index (χ4v) is 14.6. The van der Waals surface area contributed by atoms with E-state index in [0.717, 1.165) is 69.2 Å². The van der Waals surface area contributed by atoms with Gasteiger partial charge in [-0.05, 0) is 120 Å². The lowest BCUT2D eigenvalue weighted by Gasteiger charge is -2.35. The Morgan fingerprint density at radius 3 is 1.03 bits per heavy atom. The van der Waals surface area contributed by atoms with E-state index in [1.165, 1.54) is 16.7 Å². The van der Waals surface area contributed by atoms with E-state index in [0.29, 0.717) is 62.5 Å². The van der Waals surface area contributed by atoms with Gasteiger partial charge in [0.2, 0.25) is 17.2 Å². The summed E-state index contributed by atoms with van der Waals surface area (Å²) in [6, 6.07) is 40.8. The number of rotatable bonds is 12. The van der Waals surface area contributed by atoms with Crippen molar-refractivity contribution in [1.82, 2.24) is 43.4 Å². The molecule has 4 aromatic carbocycles. The molecule has 3 fully saturated rings. The van der Waals surface area contributed by atoms with Crippen molar-refractivity contribution in [2.45, 2.75) is 179 Å². The van der Waals surface area contributed by atoms with Gasteiger partial charge in [0.25, 0.3) is 17.7 Å². The molecular weight excluding hydrogens is 1110 g/mol. The summed E-state index contributed by atoms with van der Waals surface area (Å²) in [5, 5.41) is 20.6. The first-order chi connectivity index (χ1) is 42.5. The van der Waals surface area contributed by atoms with Crippen molar-refractivity contribution in [2.75, 3.05) is 19.6 Å². The molecule has 3 aromatic heterocycles. The highest BCUT2D eigenvalue weighted by Crippen LogP contribution is 2.48. The van der Waals surface area contributed by atoms with Crippen molar-refractivity contribution in [1.29, 1.82) is 0 Å². The first kappa shape index (κ1) is 61.0. The number of amides is 3. The molecule has 0 unspecified atom stereocenters. The molecule has 6 aliphatic rings. The minimum Gasteiger partial charge on any atom is -0.501 e. The van der Waals surface area contributed by atoms with Gasteiger partial charge in [-0.1, -0.05) is 141 Å². The first-order valence-corrected chi connectivity index (χ1v) is 31.6. The Labute approximate surface area is 513 Å². The molecule has 0 bridgehead atoms. The molecule has 460 valence electrons. The van der Waals surface area contributed by atoms with E-state index in [-0.39, 0.29) is 89.2 Å². The Hall–Kier alpha value is -8.67. The zero-order valence-corrected chi connectivity index (χ0v) is 51.3. The zero-order valence-electron chi connectivity index (χ0n) is 51.3. The van der Waals surface area contributed by atoms with Gasteiger partial charge in [-0.3, -0.25) is 28.8 Å². The van der Waals surface area contributed by atoms with E-state index in [4.69, 9.17) is 4.74 Å². The third-order valence-electron chi connectivity index (χ3n) is 19.0. The average Bonchev–Trinajstić information content (AvgIpc) is 1.20. The fourth-order valence-electron chi connectivity index (χ4n) is 14.6. The number of hydrogen-bond donors (Lipinski definition) is 2. The molecule has 3 aliphatic carbocycles. The molecule has 0 radical (unpaired) electrons. The summed E-state index contributed by atoms with van der Waals surface area (Å²) in [5.74, 6) is 1.43. The van der Waals surface area contributed by atoms with E-state index in [9.17, 15) is 39.0 Å². The smallest absolute Gasteiger partial charge is 0.316 e. The number of hydrogen-bond acceptors (Lipinski definition) is 12. The molecule has 0 spiro atoms. The summed E-state index contributed by atoms with van der Waals surface area (Å²) in [4.78, 5) is 95.8. The number of carbonyl (C=O) groups is 3. The van der Waals surface area contributed by atoms with E-state index in [1.807, 2.05) is 124 Å². The van der Waals surface area contributed by atoms with Crippen molar-refractivity contribution in [3.8, 4) is 17.2 Å². The van der Waals surface area contributed by atoms with Crippen molar-refractivity contribution >= 4 is 17.7 Å². The van der Waals surface area contributed by atoms with Crippen LogP contribution in [0.15, 0.2) is 136 Å². The minimum atomic E-state index is -0.700. The Morgan fingerprint density at radius 2 is 0.693 bits per heavy atom. The van der Waals surface area contributed by atoms with Crippen LogP contribution in [-0.4, -0.2) is 109 Å². The maximum Gasteiger partial charge on any atom is 0.316 e. The van der Waals surface area contributed by atoms with Gasteiger partial charge in [-0.15, -0.1) is 0 Å². The Kier molecular flexibility index (Phi) is 18.3. The number of aromatic nitrogens is 6. The maximum atomic E-state index is 13.6. The molecule has 13 rings (SSSR count). The molecule has 6 heterocycles. The van der Waals surface area contributed by atoms with Crippen LogP contribution < -0.4 is 21.4 Å². The summed E-state index contributed by atoms with van der Waals surface area (Å²) in [5.41, 5.74) is 3.39. The van der Waals surface area contributed by atoms with Crippen LogP contribution >= 0.6 is 0 Å². The molecule has 88 heavy (non-hydrogen) atoms. The fraction of sp³-hybridized carbons (Fsp3) is 0.443. The maximum absolute atomic E-state index is 13.6. The van der Waals surface area contributed by atoms with Gasteiger partial charge in [-0.25, -0.2) is 0 Å². The van der Waals surface area contributed by atoms with Gasteiger partial charge in [-0.2, -0.15) is 15.0 Å². The van der Waals surface area contributed by atoms with Gasteiger partial charge < -0.3 is 43.4 Å². The monoisotopic (exact) mass is 1190 g/mol. The SMILES string of the molecule is CC(C)N1CCn2c([C@@H]3CCC[C@@H]3c3ccccc3)nc(=O)c(O)c2C1=O.CC(C)N1CCn2c([C@@H]3CCC[C@@H]3c3ccccc3)nc(=O)c(OCc3ccccc3)c2C1=O.CC(C)N1CCn2c([C@H]3CCC[C@H]3c3ccccc3)nc(=O)c(O)c2C1=O. The Balaban J connectivity index is 0.000000138. The molecule has 3 saturated carbocycles. The number of ether oxygens (including phenoxy) is 1. The Bertz CT molecular complexity index is 3700. The third-order valence-corrected chi connectivity index (χ3v) is 19.0. The van der Waals surface area contributed by atoms with Crippen molar-refractivity contribution < 1.29 is 29.3 Å². The lowest BCUT2D eigenvalue weighted by Crippen LogP contribution is -2.47. The predicted octanol–water partition coefficient (Wildman–Crippen LogP) is 10.5. The zero-order chi connectivity index (χ0) is 61.9. The lowest BCUT2D eigenvalue weighted by atomic mass is 9.88. The average molecular weight is 1190 g/mol. The second-order valence-corrected chi connectivity index (χ2v) is 25.1. The molecule has 6 atom stereocenters. The van der Waals surface area contributed by atoms with E-state index in [1.54, 1.807) is 18.9 Å². The van der Waals surface area contributed by atoms with Crippen LogP contribution in [0, 0.1) is 0 Å². The molecule has 2 N–H and O–H groups in total. The van der Waals surface area contributed by atoms with Gasteiger partial charge in [0, 0.05) is 75.1 Å². The van der Waals surface area contributed by atoms with E-state index < -0.39 is 28.2 Å². The largest absolute Gasteiger partial charge is 0.501 e. The first-order valence-electron chi connectivity index (χ1n) is 31.6. The molecule has 18 nitrogen and oxygen atoms in total. The summed E-state index contributed by atoms with van der Waals surface area (Å²) < 4.78 is 11.6. The summed E-state index contributed by atoms with van der Waals surface area (Å²) in [6.45, 7) is 15.4. The topological polar surface area (TPSA) is 215 Å². The molecule has 0 saturated heterocycles. The van der Waals surface area contributed by atoms with Gasteiger partial charge in [0.05, 0.1) is 0 Å². The molecule has 3 aliphatic heterocycles. The highest BCUT2D eigenvalue weighted by atomic mass is 16.5. The summed E-state index contributed by atoms with van der Waals surface area (Å²) >= 11 is 0. The molecule has 7 aromatic rings. The van der Waals surface area contributed by atoms with Crippen LogP contribution in [0.4, 0.5) is 0 Å². The normalized spacial score (nSPS) is 21.4. The van der Waals surface area contributed by atoms with Gasteiger partial charge in [0.15, 0.2) is 17.1 Å². The van der Waals surface area contributed by atoms with Gasteiger partial charge >= 0.3 is 16.7 Å². The number of benzene rings is 4. The number of fused-ring (bicyclic) bond motifs is 3. The highest BCUT2D eigenvalue weighted by molar-refractivity contribution is 5.97. The van der Waals surface area contributed by atoms with Crippen LogP contribution in [0.5, 0.6) is 17.2 Å². The van der Waals surface area contributed by atoms with Gasteiger partial charge in [0.1, 0.15) is 24.1 Å². The number of nitrogens with zero attached hydrogens (tertiary/aromatic N) is 9. The van der Waals surface area contributed by atoms with E-state index in [2.05, 4.69) is 63.5 Å². The second kappa shape index (κ2) is 26.3. The standard InChI is InChI=1S/C28H31N3O3.2C21H25N3O3/c1-19(2)30-16-17-31-24(28(30)33)25(34-18-20-10-5-3-6-11-20)27(32)29-26(31)23-15-9-14-22(23)21-12-7-4-8-13-21;2*1-13(2)23-11-12-24-17(21(23)27)18(25)20(26)22-19(24)16-10-6-9-15(16)14-7-4-3-5-8-14/h3-8,10-13,19,22-23H,9,14-18H2,1-2H3;2*3-5,7-8,13,15-16,25H,6,9-12H2,1-2H3/t22-,23-;2*15-,16-/m110/s1. The summed E-state index contributed by atoms with van der Waals surface area (Å²) in [7, 11) is 0. The van der Waals surface area contributed by atoms with E-state index >= 15 is 0 Å². The molecule has 3 amide bonds. The number of aromatic hydroxyl groups is 2. The van der Waals surface area contributed by atoms with Crippen LogP contribution in [0.3, 0.4) is 0 Å². The van der Waals surface area contributed by atoms with Crippen LogP contribution in [0.25, 0.3) is 0 Å². The lowest BCUT2D eigenvalue weighted by molar-refractivity contribution is 0.0625. The van der Waals surface area contributed by atoms with Crippen LogP contribution in [0.2, 0.25) is 0 Å². The van der Waals surface area contributed by atoms with Crippen LogP contribution in [0.1, 0.15) is 206 Å². The molecule has 18 heteroatoms. The van der Waals surface area contributed by atoms with Crippen LogP contribution in [-0.2, 0) is 26.2 Å². The Morgan fingerprint density at radius 1 is 0.398 bits per heavy atom. The third kappa shape index (κ3) is 12.1. The second-order valence-electron chi connectivity index (χ2n) is 25.1. The predicted molar refractivity (Wildman–Crippen MR) is 335 cm³/mol. The quantitative estimate of drug-likeness (QED) is 0.117. The minimum absolute atomic E-state index is 0.0147. The molecular formula is C70H81N9O9.